The van der Waals surface area contributed by atoms with E-state index in [1.165, 1.54) is 98.8 Å². The van der Waals surface area contributed by atoms with Gasteiger partial charge in [-0.2, -0.15) is 0 Å². The first-order valence-corrected chi connectivity index (χ1v) is 24.2. The summed E-state index contributed by atoms with van der Waals surface area (Å²) in [6, 6.07) is 72.7. The highest BCUT2D eigenvalue weighted by Gasteiger charge is 2.41. The van der Waals surface area contributed by atoms with E-state index in [1.54, 1.807) is 0 Å². The number of para-hydroxylation sites is 2. The van der Waals surface area contributed by atoms with Crippen molar-refractivity contribution in [2.24, 2.45) is 0 Å². The second-order valence-electron chi connectivity index (χ2n) is 17.7. The van der Waals surface area contributed by atoms with E-state index in [0.29, 0.717) is 0 Å². The lowest BCUT2D eigenvalue weighted by Gasteiger charge is -2.32. The summed E-state index contributed by atoms with van der Waals surface area (Å²) in [5.74, 6) is 0. The second-order valence-corrected chi connectivity index (χ2v) is 22.0. The van der Waals surface area contributed by atoms with Gasteiger partial charge in [-0.25, -0.2) is 0 Å². The summed E-state index contributed by atoms with van der Waals surface area (Å²) in [5.41, 5.74) is 15.2. The third kappa shape index (κ3) is 4.87. The van der Waals surface area contributed by atoms with Gasteiger partial charge < -0.3 is 9.80 Å². The highest BCUT2D eigenvalue weighted by molar-refractivity contribution is 7.04. The maximum atomic E-state index is 2.55. The standard InChI is InChI=1S/C57H44N2Si/c1-57(2)48-23-13-11-20-42(48)43-33-30-41(36-49(43)57)58(39-16-7-5-8-17-39)50-34-28-37-27-32-47-51(35-29-38-26-31-46(50)54(37)55(38)47)59(40-18-9-6-10-19-40)52-24-15-22-45-44-21-12-14-25-53(44)60(3,4)56(45)52/h5-36H,1-4H3. The third-order valence-corrected chi connectivity index (χ3v) is 17.3. The molecule has 0 saturated carbocycles. The number of anilines is 6. The Bertz CT molecular complexity index is 3330. The van der Waals surface area contributed by atoms with Crippen LogP contribution in [0.4, 0.5) is 34.1 Å². The Morgan fingerprint density at radius 2 is 0.917 bits per heavy atom. The molecule has 0 spiro atoms. The molecule has 1 aliphatic carbocycles. The lowest BCUT2D eigenvalue weighted by Crippen LogP contribution is -2.50. The van der Waals surface area contributed by atoms with Crippen LogP contribution in [0.25, 0.3) is 54.6 Å². The molecule has 1 aliphatic heterocycles. The zero-order valence-corrected chi connectivity index (χ0v) is 35.4. The van der Waals surface area contributed by atoms with Crippen molar-refractivity contribution >= 4 is 84.9 Å². The molecule has 0 radical (unpaired) electrons. The predicted molar refractivity (Wildman–Crippen MR) is 259 cm³/mol. The molecule has 0 aromatic heterocycles. The van der Waals surface area contributed by atoms with Crippen LogP contribution in [0.2, 0.25) is 13.1 Å². The monoisotopic (exact) mass is 784 g/mol. The summed E-state index contributed by atoms with van der Waals surface area (Å²) in [6.45, 7) is 9.78. The summed E-state index contributed by atoms with van der Waals surface area (Å²) in [7, 11) is -2.05. The summed E-state index contributed by atoms with van der Waals surface area (Å²) in [6.07, 6.45) is 0. The van der Waals surface area contributed by atoms with Crippen LogP contribution >= 0.6 is 0 Å². The van der Waals surface area contributed by atoms with Crippen LogP contribution in [-0.2, 0) is 5.41 Å². The molecular weight excluding hydrogens is 741 g/mol. The molecule has 0 bridgehead atoms. The predicted octanol–water partition coefficient (Wildman–Crippen LogP) is 14.6. The number of hydrogen-bond donors (Lipinski definition) is 0. The molecule has 1 heterocycles. The van der Waals surface area contributed by atoms with E-state index in [4.69, 9.17) is 0 Å². The summed E-state index contributed by atoms with van der Waals surface area (Å²) < 4.78 is 0. The number of rotatable bonds is 6. The van der Waals surface area contributed by atoms with E-state index in [2.05, 4.69) is 231 Å². The zero-order chi connectivity index (χ0) is 40.3. The van der Waals surface area contributed by atoms with Gasteiger partial charge in [0, 0.05) is 38.9 Å². The van der Waals surface area contributed by atoms with Crippen molar-refractivity contribution in [1.82, 2.24) is 0 Å². The molecule has 0 saturated heterocycles. The normalized spacial score (nSPS) is 14.3. The van der Waals surface area contributed by atoms with Crippen LogP contribution in [0, 0.1) is 0 Å². The lowest BCUT2D eigenvalue weighted by atomic mass is 9.82. The van der Waals surface area contributed by atoms with Crippen molar-refractivity contribution in [3.63, 3.8) is 0 Å². The molecule has 10 aromatic rings. The fourth-order valence-electron chi connectivity index (χ4n) is 11.0. The van der Waals surface area contributed by atoms with Crippen LogP contribution in [0.15, 0.2) is 194 Å². The van der Waals surface area contributed by atoms with E-state index < -0.39 is 8.07 Å². The third-order valence-electron chi connectivity index (χ3n) is 13.8. The van der Waals surface area contributed by atoms with Crippen LogP contribution < -0.4 is 20.2 Å². The van der Waals surface area contributed by atoms with Crippen molar-refractivity contribution in [3.05, 3.63) is 205 Å². The first-order chi connectivity index (χ1) is 29.3. The van der Waals surface area contributed by atoms with Crippen molar-refractivity contribution in [2.45, 2.75) is 32.4 Å². The fourth-order valence-corrected chi connectivity index (χ4v) is 14.4. The second kappa shape index (κ2) is 12.8. The highest BCUT2D eigenvalue weighted by atomic mass is 28.3. The van der Waals surface area contributed by atoms with Crippen LogP contribution in [0.1, 0.15) is 25.0 Å². The number of fused-ring (bicyclic) bond motifs is 6. The average Bonchev–Trinajstić information content (AvgIpc) is 3.67. The Labute approximate surface area is 353 Å². The number of nitrogens with zero attached hydrogens (tertiary/aromatic N) is 2. The zero-order valence-electron chi connectivity index (χ0n) is 34.4. The van der Waals surface area contributed by atoms with E-state index in [9.17, 15) is 0 Å². The van der Waals surface area contributed by atoms with Crippen LogP contribution in [-0.4, -0.2) is 8.07 Å². The maximum Gasteiger partial charge on any atom is 0.116 e. The fraction of sp³-hybridized carbons (Fsp3) is 0.0877. The van der Waals surface area contributed by atoms with E-state index in [0.717, 1.165) is 11.4 Å². The van der Waals surface area contributed by atoms with Gasteiger partial charge in [0.1, 0.15) is 8.07 Å². The molecule has 0 amide bonds. The first-order valence-electron chi connectivity index (χ1n) is 21.2. The Hall–Kier alpha value is -6.94. The molecule has 2 nitrogen and oxygen atoms in total. The minimum Gasteiger partial charge on any atom is -0.310 e. The van der Waals surface area contributed by atoms with Crippen LogP contribution in [0.3, 0.4) is 0 Å². The largest absolute Gasteiger partial charge is 0.310 e. The molecule has 2 aliphatic rings. The van der Waals surface area contributed by atoms with Gasteiger partial charge in [0.15, 0.2) is 0 Å². The highest BCUT2D eigenvalue weighted by Crippen LogP contribution is 2.52. The lowest BCUT2D eigenvalue weighted by molar-refractivity contribution is 0.660. The molecule has 60 heavy (non-hydrogen) atoms. The first kappa shape index (κ1) is 35.0. The van der Waals surface area contributed by atoms with Gasteiger partial charge in [-0.05, 0) is 120 Å². The van der Waals surface area contributed by atoms with Gasteiger partial charge in [-0.3, -0.25) is 0 Å². The molecule has 0 N–H and O–H groups in total. The smallest absolute Gasteiger partial charge is 0.116 e. The summed E-state index contributed by atoms with van der Waals surface area (Å²) in [5, 5.41) is 10.6. The molecule has 0 unspecified atom stereocenters. The van der Waals surface area contributed by atoms with Gasteiger partial charge in [0.2, 0.25) is 0 Å². The Morgan fingerprint density at radius 1 is 0.383 bits per heavy atom. The molecule has 12 rings (SSSR count). The van der Waals surface area contributed by atoms with Gasteiger partial charge in [-0.1, -0.05) is 166 Å². The van der Waals surface area contributed by atoms with Crippen molar-refractivity contribution in [1.29, 1.82) is 0 Å². The molecule has 0 fully saturated rings. The van der Waals surface area contributed by atoms with Crippen molar-refractivity contribution in [3.8, 4) is 22.3 Å². The Kier molecular flexibility index (Phi) is 7.46. The van der Waals surface area contributed by atoms with Gasteiger partial charge in [-0.15, -0.1) is 0 Å². The minimum absolute atomic E-state index is 0.104. The molecular formula is C57H44N2Si. The molecule has 286 valence electrons. The average molecular weight is 785 g/mol. The molecule has 10 aromatic carbocycles. The maximum absolute atomic E-state index is 2.55. The topological polar surface area (TPSA) is 6.48 Å². The Morgan fingerprint density at radius 3 is 1.60 bits per heavy atom. The van der Waals surface area contributed by atoms with Crippen molar-refractivity contribution < 1.29 is 0 Å². The van der Waals surface area contributed by atoms with E-state index >= 15 is 0 Å². The van der Waals surface area contributed by atoms with E-state index in [-0.39, 0.29) is 5.41 Å². The van der Waals surface area contributed by atoms with Gasteiger partial charge in [0.25, 0.3) is 0 Å². The number of hydrogen-bond acceptors (Lipinski definition) is 2. The van der Waals surface area contributed by atoms with Gasteiger partial charge >= 0.3 is 0 Å². The number of benzene rings is 10. The molecule has 0 atom stereocenters. The van der Waals surface area contributed by atoms with Crippen molar-refractivity contribution in [2.75, 3.05) is 9.80 Å². The minimum atomic E-state index is -2.05. The summed E-state index contributed by atoms with van der Waals surface area (Å²) in [4.78, 5) is 5.02. The quantitative estimate of drug-likeness (QED) is 0.122. The summed E-state index contributed by atoms with van der Waals surface area (Å²) >= 11 is 0. The Balaban J connectivity index is 1.09. The molecule has 3 heteroatoms. The van der Waals surface area contributed by atoms with E-state index in [1.807, 2.05) is 0 Å². The van der Waals surface area contributed by atoms with Gasteiger partial charge in [0.05, 0.1) is 11.4 Å². The SMILES string of the molecule is CC1(C)c2ccccc2-c2ccc(N(c3ccccc3)c3ccc4ccc5c(N(c6ccccc6)c6cccc7c6[Si](C)(C)c6ccccc6-7)ccc6ccc3c4c65)cc21. The van der Waals surface area contributed by atoms with Crippen LogP contribution in [0.5, 0.6) is 0 Å².